The van der Waals surface area contributed by atoms with Gasteiger partial charge in [-0.2, -0.15) is 0 Å². The molecule has 0 aromatic carbocycles. The van der Waals surface area contributed by atoms with Crippen molar-refractivity contribution in [3.63, 3.8) is 0 Å². The number of carbonyl (C=O) groups excluding carboxylic acids is 1. The molecule has 0 unspecified atom stereocenters. The lowest BCUT2D eigenvalue weighted by molar-refractivity contribution is 0.0750. The highest BCUT2D eigenvalue weighted by Gasteiger charge is 2.26. The summed E-state index contributed by atoms with van der Waals surface area (Å²) in [6.07, 6.45) is 2.49. The summed E-state index contributed by atoms with van der Waals surface area (Å²) in [4.78, 5) is 14.0. The maximum absolute atomic E-state index is 12.1. The fourth-order valence-electron chi connectivity index (χ4n) is 1.71. The number of amides is 1. The van der Waals surface area contributed by atoms with Crippen LogP contribution >= 0.6 is 0 Å². The molecule has 1 aromatic rings. The molecule has 1 fully saturated rings. The van der Waals surface area contributed by atoms with Crippen molar-refractivity contribution >= 4 is 11.7 Å². The molecule has 5 nitrogen and oxygen atoms in total. The Kier molecular flexibility index (Phi) is 3.56. The number of carbonyl (C=O) groups is 1. The predicted molar refractivity (Wildman–Crippen MR) is 65.9 cm³/mol. The lowest BCUT2D eigenvalue weighted by Crippen LogP contribution is -2.33. The molecular formula is C12H18N4O. The Bertz CT molecular complexity index is 386. The highest BCUT2D eigenvalue weighted by atomic mass is 16.2. The minimum absolute atomic E-state index is 0.0189. The monoisotopic (exact) mass is 234 g/mol. The zero-order chi connectivity index (χ0) is 12.3. The van der Waals surface area contributed by atoms with Crippen molar-refractivity contribution in [2.75, 3.05) is 25.5 Å². The van der Waals surface area contributed by atoms with Crippen molar-refractivity contribution in [3.05, 3.63) is 17.8 Å². The van der Waals surface area contributed by atoms with Crippen molar-refractivity contribution in [3.8, 4) is 0 Å². The average molecular weight is 234 g/mol. The molecule has 0 spiro atoms. The van der Waals surface area contributed by atoms with Crippen LogP contribution in [0.25, 0.3) is 0 Å². The molecule has 2 rings (SSSR count). The van der Waals surface area contributed by atoms with Crippen LogP contribution in [0.4, 0.5) is 5.82 Å². The van der Waals surface area contributed by atoms with E-state index in [0.29, 0.717) is 17.4 Å². The smallest absolute Gasteiger partial charge is 0.274 e. The van der Waals surface area contributed by atoms with Gasteiger partial charge < -0.3 is 10.2 Å². The molecule has 1 N–H and O–H groups in total. The third kappa shape index (κ3) is 2.93. The summed E-state index contributed by atoms with van der Waals surface area (Å²) in [5.41, 5.74) is 0.423. The van der Waals surface area contributed by atoms with E-state index in [1.54, 1.807) is 19.2 Å². The molecule has 92 valence electrons. The van der Waals surface area contributed by atoms with E-state index in [4.69, 9.17) is 0 Å². The van der Waals surface area contributed by atoms with E-state index in [9.17, 15) is 4.79 Å². The Morgan fingerprint density at radius 2 is 2.24 bits per heavy atom. The Morgan fingerprint density at radius 3 is 2.71 bits per heavy atom. The van der Waals surface area contributed by atoms with Crippen molar-refractivity contribution in [1.29, 1.82) is 0 Å². The fraction of sp³-hybridized carbons (Fsp3) is 0.583. The normalized spacial score (nSPS) is 14.5. The first kappa shape index (κ1) is 11.8. The maximum Gasteiger partial charge on any atom is 0.274 e. The van der Waals surface area contributed by atoms with Crippen molar-refractivity contribution in [2.45, 2.75) is 19.8 Å². The Hall–Kier alpha value is -1.65. The first-order valence-electron chi connectivity index (χ1n) is 6.05. The van der Waals surface area contributed by atoms with Gasteiger partial charge in [0.1, 0.15) is 5.82 Å². The molecule has 17 heavy (non-hydrogen) atoms. The maximum atomic E-state index is 12.1. The molecule has 0 aliphatic heterocycles. The molecule has 1 aliphatic rings. The van der Waals surface area contributed by atoms with E-state index in [-0.39, 0.29) is 5.91 Å². The van der Waals surface area contributed by atoms with Gasteiger partial charge in [0.05, 0.1) is 0 Å². The van der Waals surface area contributed by atoms with Gasteiger partial charge in [-0.05, 0) is 37.8 Å². The van der Waals surface area contributed by atoms with Crippen LogP contribution in [0.1, 0.15) is 30.3 Å². The lowest BCUT2D eigenvalue weighted by atomic mass is 10.3. The van der Waals surface area contributed by atoms with E-state index in [2.05, 4.69) is 15.5 Å². The van der Waals surface area contributed by atoms with E-state index in [1.807, 2.05) is 11.8 Å². The van der Waals surface area contributed by atoms with Crippen molar-refractivity contribution in [2.24, 2.45) is 5.92 Å². The standard InChI is InChI=1S/C12H18N4O/c1-3-16(8-9-4-5-9)12(17)10-6-7-11(13-2)15-14-10/h6-7,9H,3-5,8H2,1-2H3,(H,13,15). The molecule has 0 saturated heterocycles. The first-order valence-corrected chi connectivity index (χ1v) is 6.05. The molecule has 0 bridgehead atoms. The second kappa shape index (κ2) is 5.12. The lowest BCUT2D eigenvalue weighted by Gasteiger charge is -2.19. The largest absolute Gasteiger partial charge is 0.372 e. The van der Waals surface area contributed by atoms with Gasteiger partial charge in [-0.3, -0.25) is 4.79 Å². The van der Waals surface area contributed by atoms with E-state index >= 15 is 0 Å². The first-order chi connectivity index (χ1) is 8.24. The zero-order valence-corrected chi connectivity index (χ0v) is 10.3. The molecule has 1 aliphatic carbocycles. The van der Waals surface area contributed by atoms with Crippen LogP contribution in [-0.2, 0) is 0 Å². The van der Waals surface area contributed by atoms with E-state index in [0.717, 1.165) is 13.1 Å². The number of nitrogens with zero attached hydrogens (tertiary/aromatic N) is 3. The van der Waals surface area contributed by atoms with Gasteiger partial charge in [0.25, 0.3) is 5.91 Å². The minimum atomic E-state index is -0.0189. The molecule has 1 amide bonds. The zero-order valence-electron chi connectivity index (χ0n) is 10.3. The van der Waals surface area contributed by atoms with Crippen LogP contribution in [0.5, 0.6) is 0 Å². The second-order valence-electron chi connectivity index (χ2n) is 4.34. The molecule has 0 atom stereocenters. The third-order valence-electron chi connectivity index (χ3n) is 2.98. The van der Waals surface area contributed by atoms with Gasteiger partial charge in [0.15, 0.2) is 5.69 Å². The summed E-state index contributed by atoms with van der Waals surface area (Å²) < 4.78 is 0. The van der Waals surface area contributed by atoms with Crippen LogP contribution in [0.15, 0.2) is 12.1 Å². The van der Waals surface area contributed by atoms with Crippen molar-refractivity contribution in [1.82, 2.24) is 15.1 Å². The Balaban J connectivity index is 2.04. The van der Waals surface area contributed by atoms with Crippen LogP contribution in [0, 0.1) is 5.92 Å². The van der Waals surface area contributed by atoms with Crippen molar-refractivity contribution < 1.29 is 4.79 Å². The number of aromatic nitrogens is 2. The van der Waals surface area contributed by atoms with Gasteiger partial charge in [-0.15, -0.1) is 10.2 Å². The van der Waals surface area contributed by atoms with E-state index in [1.165, 1.54) is 12.8 Å². The number of anilines is 1. The van der Waals surface area contributed by atoms with Gasteiger partial charge in [-0.25, -0.2) is 0 Å². The summed E-state index contributed by atoms with van der Waals surface area (Å²) in [5.74, 6) is 1.35. The van der Waals surface area contributed by atoms with Crippen LogP contribution in [0.2, 0.25) is 0 Å². The molecule has 5 heteroatoms. The SMILES string of the molecule is CCN(CC1CC1)C(=O)c1ccc(NC)nn1. The van der Waals surface area contributed by atoms with Crippen LogP contribution < -0.4 is 5.32 Å². The minimum Gasteiger partial charge on any atom is -0.372 e. The number of hydrogen-bond acceptors (Lipinski definition) is 4. The molecule has 1 heterocycles. The summed E-state index contributed by atoms with van der Waals surface area (Å²) in [7, 11) is 1.77. The van der Waals surface area contributed by atoms with Gasteiger partial charge in [0.2, 0.25) is 0 Å². The van der Waals surface area contributed by atoms with Crippen LogP contribution in [-0.4, -0.2) is 41.1 Å². The highest BCUT2D eigenvalue weighted by molar-refractivity contribution is 5.92. The highest BCUT2D eigenvalue weighted by Crippen LogP contribution is 2.29. The molecule has 1 saturated carbocycles. The number of nitrogens with one attached hydrogen (secondary N) is 1. The molecule has 1 aromatic heterocycles. The molecular weight excluding hydrogens is 216 g/mol. The fourth-order valence-corrected chi connectivity index (χ4v) is 1.71. The molecule has 0 radical (unpaired) electrons. The van der Waals surface area contributed by atoms with Gasteiger partial charge in [0, 0.05) is 20.1 Å². The Morgan fingerprint density at radius 1 is 1.47 bits per heavy atom. The predicted octanol–water partition coefficient (Wildman–Crippen LogP) is 1.39. The Labute approximate surface area is 101 Å². The number of hydrogen-bond donors (Lipinski definition) is 1. The summed E-state index contributed by atoms with van der Waals surface area (Å²) in [6.45, 7) is 3.57. The second-order valence-corrected chi connectivity index (χ2v) is 4.34. The van der Waals surface area contributed by atoms with Gasteiger partial charge >= 0.3 is 0 Å². The average Bonchev–Trinajstić information content (AvgIpc) is 3.19. The quantitative estimate of drug-likeness (QED) is 0.836. The van der Waals surface area contributed by atoms with Crippen LogP contribution in [0.3, 0.4) is 0 Å². The summed E-state index contributed by atoms with van der Waals surface area (Å²) >= 11 is 0. The van der Waals surface area contributed by atoms with E-state index < -0.39 is 0 Å². The summed E-state index contributed by atoms with van der Waals surface area (Å²) in [6, 6.07) is 3.49. The topological polar surface area (TPSA) is 58.1 Å². The van der Waals surface area contributed by atoms with Gasteiger partial charge in [-0.1, -0.05) is 0 Å². The number of rotatable bonds is 5. The summed E-state index contributed by atoms with van der Waals surface area (Å²) in [5, 5.41) is 10.7. The third-order valence-corrected chi connectivity index (χ3v) is 2.98.